The molecule has 2 nitrogen and oxygen atoms in total. The van der Waals surface area contributed by atoms with Gasteiger partial charge < -0.3 is 9.47 Å². The van der Waals surface area contributed by atoms with E-state index in [1.807, 2.05) is 0 Å². The number of unbranched alkanes of at least 4 members (excludes halogenated alkanes) is 16. The molecule has 0 bridgehead atoms. The first kappa shape index (κ1) is 35.9. The summed E-state index contributed by atoms with van der Waals surface area (Å²) in [5.74, 6) is 0.960. The summed E-state index contributed by atoms with van der Waals surface area (Å²) in [5, 5.41) is 0. The molecule has 2 heteroatoms. The van der Waals surface area contributed by atoms with Gasteiger partial charge in [-0.1, -0.05) is 177 Å². The Bertz CT molecular complexity index is 1100. The molecule has 0 fully saturated rings. The molecule has 242 valence electrons. The Morgan fingerprint density at radius 2 is 0.864 bits per heavy atom. The van der Waals surface area contributed by atoms with Gasteiger partial charge in [-0.05, 0) is 59.7 Å². The van der Waals surface area contributed by atoms with E-state index in [-0.39, 0.29) is 6.10 Å². The number of rotatable bonds is 25. The highest BCUT2D eigenvalue weighted by Crippen LogP contribution is 2.33. The van der Waals surface area contributed by atoms with Gasteiger partial charge in [-0.15, -0.1) is 0 Å². The molecule has 0 heterocycles. The number of hydrogen-bond acceptors (Lipinski definition) is 2. The Balaban J connectivity index is 1.38. The Kier molecular flexibility index (Phi) is 18.6. The molecule has 0 aliphatic heterocycles. The highest BCUT2D eigenvalue weighted by atomic mass is 16.5. The van der Waals surface area contributed by atoms with E-state index in [4.69, 9.17) is 9.47 Å². The van der Waals surface area contributed by atoms with Crippen molar-refractivity contribution in [3.05, 3.63) is 78.4 Å². The molecular weight excluding hydrogens is 536 g/mol. The fraction of sp³-hybridized carbons (Fsp3) is 0.571. The Labute approximate surface area is 271 Å². The summed E-state index contributed by atoms with van der Waals surface area (Å²) in [6.07, 6.45) is 24.3. The molecule has 44 heavy (non-hydrogen) atoms. The van der Waals surface area contributed by atoms with Crippen molar-refractivity contribution in [2.24, 2.45) is 0 Å². The first-order valence-electron chi connectivity index (χ1n) is 18.3. The molecule has 0 aliphatic carbocycles. The van der Waals surface area contributed by atoms with Gasteiger partial charge in [0.15, 0.2) is 0 Å². The summed E-state index contributed by atoms with van der Waals surface area (Å²) in [6, 6.07) is 26.3. The third-order valence-electron chi connectivity index (χ3n) is 8.92. The van der Waals surface area contributed by atoms with Crippen molar-refractivity contribution < 1.29 is 9.47 Å². The first-order chi connectivity index (χ1) is 21.7. The van der Waals surface area contributed by atoms with Crippen LogP contribution in [0.25, 0.3) is 22.3 Å². The molecule has 0 amide bonds. The van der Waals surface area contributed by atoms with Crippen molar-refractivity contribution in [2.75, 3.05) is 13.2 Å². The number of hydrogen-bond donors (Lipinski definition) is 0. The average molecular weight is 599 g/mol. The SMILES string of the molecule is CCCCCCCCCCCCCCOC(C)c1ccc(-c2ccccc2-c2ccc(OCCCCCCCC)cc2)cc1. The van der Waals surface area contributed by atoms with Gasteiger partial charge in [0.2, 0.25) is 0 Å². The van der Waals surface area contributed by atoms with E-state index in [0.29, 0.717) is 0 Å². The van der Waals surface area contributed by atoms with E-state index in [0.717, 1.165) is 31.8 Å². The van der Waals surface area contributed by atoms with Crippen LogP contribution >= 0.6 is 0 Å². The molecule has 0 saturated heterocycles. The summed E-state index contributed by atoms with van der Waals surface area (Å²) >= 11 is 0. The van der Waals surface area contributed by atoms with Crippen LogP contribution in [0.3, 0.4) is 0 Å². The third-order valence-corrected chi connectivity index (χ3v) is 8.92. The molecular formula is C42H62O2. The van der Waals surface area contributed by atoms with Crippen LogP contribution in [0.2, 0.25) is 0 Å². The highest BCUT2D eigenvalue weighted by Gasteiger charge is 2.10. The molecule has 0 saturated carbocycles. The van der Waals surface area contributed by atoms with E-state index in [2.05, 4.69) is 93.6 Å². The molecule has 1 atom stereocenters. The van der Waals surface area contributed by atoms with Crippen molar-refractivity contribution in [3.63, 3.8) is 0 Å². The fourth-order valence-corrected chi connectivity index (χ4v) is 6.02. The molecule has 3 aromatic carbocycles. The highest BCUT2D eigenvalue weighted by molar-refractivity contribution is 5.83. The zero-order valence-corrected chi connectivity index (χ0v) is 28.5. The van der Waals surface area contributed by atoms with Crippen molar-refractivity contribution in [3.8, 4) is 28.0 Å². The van der Waals surface area contributed by atoms with Crippen molar-refractivity contribution in [1.29, 1.82) is 0 Å². The van der Waals surface area contributed by atoms with E-state index >= 15 is 0 Å². The lowest BCUT2D eigenvalue weighted by Crippen LogP contribution is -2.02. The van der Waals surface area contributed by atoms with Crippen LogP contribution in [0.15, 0.2) is 72.8 Å². The molecule has 3 aromatic rings. The van der Waals surface area contributed by atoms with Crippen molar-refractivity contribution in [1.82, 2.24) is 0 Å². The Hall–Kier alpha value is -2.58. The first-order valence-corrected chi connectivity index (χ1v) is 18.3. The zero-order valence-electron chi connectivity index (χ0n) is 28.5. The molecule has 0 N–H and O–H groups in total. The van der Waals surface area contributed by atoms with E-state index in [1.165, 1.54) is 131 Å². The van der Waals surface area contributed by atoms with Gasteiger partial charge in [-0.3, -0.25) is 0 Å². The number of benzene rings is 3. The molecule has 3 rings (SSSR count). The van der Waals surface area contributed by atoms with Gasteiger partial charge in [-0.2, -0.15) is 0 Å². The minimum absolute atomic E-state index is 0.121. The number of ether oxygens (including phenoxy) is 2. The van der Waals surface area contributed by atoms with Crippen LogP contribution in [0.1, 0.15) is 148 Å². The van der Waals surface area contributed by atoms with Gasteiger partial charge in [0.05, 0.1) is 12.7 Å². The smallest absolute Gasteiger partial charge is 0.119 e. The summed E-state index contributed by atoms with van der Waals surface area (Å²) < 4.78 is 12.2. The minimum Gasteiger partial charge on any atom is -0.494 e. The van der Waals surface area contributed by atoms with Crippen molar-refractivity contribution in [2.45, 2.75) is 142 Å². The zero-order chi connectivity index (χ0) is 31.1. The van der Waals surface area contributed by atoms with E-state index < -0.39 is 0 Å². The monoisotopic (exact) mass is 598 g/mol. The normalized spacial score (nSPS) is 12.0. The summed E-state index contributed by atoms with van der Waals surface area (Å²) in [6.45, 7) is 8.38. The van der Waals surface area contributed by atoms with Gasteiger partial charge in [-0.25, -0.2) is 0 Å². The molecule has 1 unspecified atom stereocenters. The maximum Gasteiger partial charge on any atom is 0.119 e. The quantitative estimate of drug-likeness (QED) is 0.0903. The minimum atomic E-state index is 0.121. The predicted octanol–water partition coefficient (Wildman–Crippen LogP) is 13.5. The van der Waals surface area contributed by atoms with Crippen molar-refractivity contribution >= 4 is 0 Å². The second kappa shape index (κ2) is 22.9. The van der Waals surface area contributed by atoms with Crippen LogP contribution in [-0.4, -0.2) is 13.2 Å². The van der Waals surface area contributed by atoms with Crippen LogP contribution in [0, 0.1) is 0 Å². The van der Waals surface area contributed by atoms with Gasteiger partial charge >= 0.3 is 0 Å². The van der Waals surface area contributed by atoms with E-state index in [1.54, 1.807) is 0 Å². The standard InChI is InChI=1S/C42H62O2/c1-4-6-8-10-12-13-14-15-16-17-19-22-34-43-36(3)37-26-28-38(29-27-37)41-24-20-21-25-42(41)39-30-32-40(33-31-39)44-35-23-18-11-9-7-5-2/h20-21,24-33,36H,4-19,22-23,34-35H2,1-3H3. The molecule has 0 radical (unpaired) electrons. The van der Waals surface area contributed by atoms with Crippen LogP contribution in [-0.2, 0) is 4.74 Å². The van der Waals surface area contributed by atoms with Crippen LogP contribution in [0.5, 0.6) is 5.75 Å². The average Bonchev–Trinajstić information content (AvgIpc) is 3.07. The van der Waals surface area contributed by atoms with E-state index in [9.17, 15) is 0 Å². The van der Waals surface area contributed by atoms with Gasteiger partial charge in [0, 0.05) is 6.61 Å². The Morgan fingerprint density at radius 1 is 0.455 bits per heavy atom. The third kappa shape index (κ3) is 14.0. The van der Waals surface area contributed by atoms with Crippen LogP contribution < -0.4 is 4.74 Å². The van der Waals surface area contributed by atoms with Crippen LogP contribution in [0.4, 0.5) is 0 Å². The fourth-order valence-electron chi connectivity index (χ4n) is 6.02. The lowest BCUT2D eigenvalue weighted by molar-refractivity contribution is 0.0627. The maximum atomic E-state index is 6.21. The summed E-state index contributed by atoms with van der Waals surface area (Å²) in [5.41, 5.74) is 6.21. The molecule has 0 aliphatic rings. The predicted molar refractivity (Wildman–Crippen MR) is 192 cm³/mol. The van der Waals surface area contributed by atoms with Gasteiger partial charge in [0.25, 0.3) is 0 Å². The Morgan fingerprint density at radius 3 is 1.34 bits per heavy atom. The second-order valence-electron chi connectivity index (χ2n) is 12.7. The second-order valence-corrected chi connectivity index (χ2v) is 12.7. The maximum absolute atomic E-state index is 6.21. The lowest BCUT2D eigenvalue weighted by Gasteiger charge is -2.15. The topological polar surface area (TPSA) is 18.5 Å². The summed E-state index contributed by atoms with van der Waals surface area (Å²) in [7, 11) is 0. The largest absolute Gasteiger partial charge is 0.494 e. The van der Waals surface area contributed by atoms with Gasteiger partial charge in [0.1, 0.15) is 5.75 Å². The molecule has 0 aromatic heterocycles. The lowest BCUT2D eigenvalue weighted by atomic mass is 9.94. The molecule has 0 spiro atoms. The summed E-state index contributed by atoms with van der Waals surface area (Å²) in [4.78, 5) is 0.